The fourth-order valence-electron chi connectivity index (χ4n) is 3.29. The van der Waals surface area contributed by atoms with Crippen LogP contribution in [0.15, 0.2) is 34.0 Å². The molecular weight excluding hydrogens is 421 g/mol. The fraction of sp³-hybridized carbons (Fsp3) is 0.412. The smallest absolute Gasteiger partial charge is 0.404 e. The first-order chi connectivity index (χ1) is 14.1. The van der Waals surface area contributed by atoms with Gasteiger partial charge in [0.05, 0.1) is 12.8 Å². The van der Waals surface area contributed by atoms with Crippen molar-refractivity contribution >= 4 is 15.7 Å². The predicted octanol–water partition coefficient (Wildman–Crippen LogP) is 1.21. The molecule has 1 aromatic carbocycles. The van der Waals surface area contributed by atoms with Gasteiger partial charge in [0.1, 0.15) is 18.1 Å². The minimum absolute atomic E-state index is 0.0701. The van der Waals surface area contributed by atoms with Crippen molar-refractivity contribution in [3.8, 4) is 5.75 Å². The van der Waals surface area contributed by atoms with E-state index in [9.17, 15) is 23.7 Å². The summed E-state index contributed by atoms with van der Waals surface area (Å²) in [6.07, 6.45) is -1.39. The van der Waals surface area contributed by atoms with Gasteiger partial charge in [-0.3, -0.25) is 23.4 Å². The first kappa shape index (κ1) is 21.0. The van der Waals surface area contributed by atoms with Crippen molar-refractivity contribution in [1.29, 1.82) is 0 Å². The van der Waals surface area contributed by atoms with Gasteiger partial charge in [-0.05, 0) is 25.8 Å². The maximum atomic E-state index is 13.5. The van der Waals surface area contributed by atoms with Gasteiger partial charge in [-0.1, -0.05) is 17.7 Å². The van der Waals surface area contributed by atoms with Crippen molar-refractivity contribution in [3.63, 3.8) is 0 Å². The number of aromatic nitrogens is 2. The first-order valence-corrected chi connectivity index (χ1v) is 10.4. The van der Waals surface area contributed by atoms with Crippen LogP contribution in [0.1, 0.15) is 30.2 Å². The van der Waals surface area contributed by atoms with Gasteiger partial charge < -0.3 is 14.4 Å². The standard InChI is InChI=1S/C17H17BFN2O8P/c1-9-2-3-12-10(6-9)8-26-30(25,28-12)29-17(18,24)13-4-5-14(27-13)21-7-11(19)15(22)20-16(21)23/h2-3,6-7,13-14,24H,4-5,8H2,1H3,(H,20,22,23). The van der Waals surface area contributed by atoms with Crippen LogP contribution in [0.4, 0.5) is 4.39 Å². The molecule has 2 aliphatic rings. The summed E-state index contributed by atoms with van der Waals surface area (Å²) < 4.78 is 48.2. The van der Waals surface area contributed by atoms with Crippen molar-refractivity contribution < 1.29 is 32.4 Å². The van der Waals surface area contributed by atoms with E-state index in [-0.39, 0.29) is 25.2 Å². The maximum absolute atomic E-state index is 13.5. The summed E-state index contributed by atoms with van der Waals surface area (Å²) in [4.78, 5) is 24.9. The second kappa shape index (κ2) is 7.47. The molecule has 0 aliphatic carbocycles. The Morgan fingerprint density at radius 3 is 2.93 bits per heavy atom. The number of hydrogen-bond acceptors (Lipinski definition) is 8. The lowest BCUT2D eigenvalue weighted by molar-refractivity contribution is -0.177. The monoisotopic (exact) mass is 438 g/mol. The van der Waals surface area contributed by atoms with E-state index >= 15 is 0 Å². The number of benzene rings is 1. The lowest BCUT2D eigenvalue weighted by atomic mass is 9.88. The zero-order chi connectivity index (χ0) is 21.7. The second-order valence-corrected chi connectivity index (χ2v) is 8.58. The number of aliphatic hydroxyl groups is 1. The number of aromatic amines is 1. The number of fused-ring (bicyclic) bond motifs is 1. The normalized spacial score (nSPS) is 27.8. The summed E-state index contributed by atoms with van der Waals surface area (Å²) in [6, 6.07) is 5.13. The Hall–Kier alpha value is -2.24. The minimum Gasteiger partial charge on any atom is -0.404 e. The van der Waals surface area contributed by atoms with Crippen molar-refractivity contribution in [2.45, 2.75) is 44.4 Å². The van der Waals surface area contributed by atoms with Crippen LogP contribution in [0.25, 0.3) is 0 Å². The number of ether oxygens (including phenoxy) is 1. The third kappa shape index (κ3) is 4.01. The van der Waals surface area contributed by atoms with Crippen molar-refractivity contribution in [3.05, 3.63) is 62.2 Å². The van der Waals surface area contributed by atoms with Gasteiger partial charge in [-0.15, -0.1) is 0 Å². The molecule has 10 nitrogen and oxygen atoms in total. The van der Waals surface area contributed by atoms with Crippen LogP contribution < -0.4 is 15.8 Å². The molecule has 0 bridgehead atoms. The molecule has 30 heavy (non-hydrogen) atoms. The molecule has 3 heterocycles. The van der Waals surface area contributed by atoms with Gasteiger partial charge >= 0.3 is 13.5 Å². The number of rotatable bonds is 4. The average molecular weight is 438 g/mol. The fourth-order valence-corrected chi connectivity index (χ4v) is 4.63. The molecule has 1 saturated heterocycles. The number of nitrogens with zero attached hydrogens (tertiary/aromatic N) is 1. The average Bonchev–Trinajstić information content (AvgIpc) is 3.15. The Kier molecular flexibility index (Phi) is 5.23. The van der Waals surface area contributed by atoms with E-state index in [1.54, 1.807) is 18.2 Å². The highest BCUT2D eigenvalue weighted by Gasteiger charge is 2.48. The molecule has 0 amide bonds. The number of phosphoric acid groups is 1. The van der Waals surface area contributed by atoms with E-state index in [0.717, 1.165) is 10.1 Å². The van der Waals surface area contributed by atoms with E-state index in [1.807, 2.05) is 11.9 Å². The van der Waals surface area contributed by atoms with Crippen molar-refractivity contribution in [2.24, 2.45) is 0 Å². The molecule has 4 atom stereocenters. The van der Waals surface area contributed by atoms with Gasteiger partial charge in [0, 0.05) is 5.56 Å². The van der Waals surface area contributed by atoms with Crippen LogP contribution in [0.5, 0.6) is 5.75 Å². The third-order valence-corrected chi connectivity index (χ3v) is 6.14. The molecule has 2 N–H and O–H groups in total. The largest absolute Gasteiger partial charge is 0.532 e. The summed E-state index contributed by atoms with van der Waals surface area (Å²) in [5.41, 5.74) is -3.05. The Balaban J connectivity index is 1.49. The molecule has 0 saturated carbocycles. The quantitative estimate of drug-likeness (QED) is 0.414. The third-order valence-electron chi connectivity index (χ3n) is 4.76. The lowest BCUT2D eigenvalue weighted by Gasteiger charge is -2.34. The Labute approximate surface area is 170 Å². The number of nitrogens with one attached hydrogen (secondary N) is 1. The molecular formula is C17H17BFN2O8P. The molecule has 2 radical (unpaired) electrons. The molecule has 0 spiro atoms. The first-order valence-electron chi connectivity index (χ1n) is 8.98. The number of H-pyrrole nitrogens is 1. The molecule has 4 unspecified atom stereocenters. The number of aryl methyl sites for hydroxylation is 1. The predicted molar refractivity (Wildman–Crippen MR) is 100 cm³/mol. The molecule has 13 heteroatoms. The topological polar surface area (TPSA) is 129 Å². The van der Waals surface area contributed by atoms with E-state index in [1.165, 1.54) is 0 Å². The van der Waals surface area contributed by atoms with Crippen LogP contribution in [0.3, 0.4) is 0 Å². The summed E-state index contributed by atoms with van der Waals surface area (Å²) in [6.45, 7) is 1.79. The molecule has 1 aromatic heterocycles. The highest BCUT2D eigenvalue weighted by atomic mass is 31.2. The van der Waals surface area contributed by atoms with Crippen molar-refractivity contribution in [2.75, 3.05) is 0 Å². The van der Waals surface area contributed by atoms with Crippen LogP contribution in [-0.2, 0) is 25.0 Å². The van der Waals surface area contributed by atoms with Crippen LogP contribution in [0, 0.1) is 12.7 Å². The SMILES string of the molecule is [B]C(O)(OP1(=O)OCc2cc(C)ccc2O1)C1CCC(n2cc(F)c(=O)[nH]c2=O)O1. The highest BCUT2D eigenvalue weighted by molar-refractivity contribution is 7.49. The second-order valence-electron chi connectivity index (χ2n) is 7.07. The zero-order valence-electron chi connectivity index (χ0n) is 15.7. The van der Waals surface area contributed by atoms with E-state index in [2.05, 4.69) is 0 Å². The number of halogens is 1. The van der Waals surface area contributed by atoms with E-state index < -0.39 is 42.9 Å². The molecule has 2 aromatic rings. The number of phosphoric ester groups is 1. The van der Waals surface area contributed by atoms with Gasteiger partial charge in [0.25, 0.3) is 5.56 Å². The van der Waals surface area contributed by atoms with Crippen LogP contribution in [-0.4, -0.2) is 34.3 Å². The summed E-state index contributed by atoms with van der Waals surface area (Å²) in [7, 11) is 1.49. The number of hydrogen-bond donors (Lipinski definition) is 2. The Morgan fingerprint density at radius 1 is 1.40 bits per heavy atom. The van der Waals surface area contributed by atoms with Gasteiger partial charge in [-0.25, -0.2) is 9.36 Å². The molecule has 4 rings (SSSR count). The van der Waals surface area contributed by atoms with Gasteiger partial charge in [0.2, 0.25) is 5.82 Å². The van der Waals surface area contributed by atoms with E-state index in [4.69, 9.17) is 26.2 Å². The van der Waals surface area contributed by atoms with Crippen LogP contribution in [0.2, 0.25) is 0 Å². The maximum Gasteiger partial charge on any atom is 0.532 e. The Bertz CT molecular complexity index is 1150. The highest BCUT2D eigenvalue weighted by Crippen LogP contribution is 2.57. The molecule has 1 fully saturated rings. The van der Waals surface area contributed by atoms with Gasteiger partial charge in [0.15, 0.2) is 13.5 Å². The van der Waals surface area contributed by atoms with Crippen LogP contribution >= 0.6 is 7.82 Å². The summed E-state index contributed by atoms with van der Waals surface area (Å²) >= 11 is 0. The summed E-state index contributed by atoms with van der Waals surface area (Å²) in [5, 5.41) is 10.5. The van der Waals surface area contributed by atoms with E-state index in [0.29, 0.717) is 11.8 Å². The van der Waals surface area contributed by atoms with Gasteiger partial charge in [-0.2, -0.15) is 4.39 Å². The molecule has 2 aliphatic heterocycles. The Morgan fingerprint density at radius 2 is 2.17 bits per heavy atom. The summed E-state index contributed by atoms with van der Waals surface area (Å²) in [5.74, 6) is -0.908. The minimum atomic E-state index is -4.28. The molecule has 158 valence electrons. The van der Waals surface area contributed by atoms with Crippen molar-refractivity contribution in [1.82, 2.24) is 9.55 Å². The lowest BCUT2D eigenvalue weighted by Crippen LogP contribution is -2.45. The zero-order valence-corrected chi connectivity index (χ0v) is 16.6.